The van der Waals surface area contributed by atoms with E-state index >= 15 is 0 Å². The Morgan fingerprint density at radius 3 is 2.65 bits per heavy atom. The van der Waals surface area contributed by atoms with Crippen molar-refractivity contribution in [1.29, 1.82) is 0 Å². The summed E-state index contributed by atoms with van der Waals surface area (Å²) in [6, 6.07) is 5.75. The Hall–Kier alpha value is -1.42. The zero-order valence-electron chi connectivity index (χ0n) is 12.7. The van der Waals surface area contributed by atoms with Gasteiger partial charge in [0.15, 0.2) is 0 Å². The van der Waals surface area contributed by atoms with E-state index in [4.69, 9.17) is 16.3 Å². The summed E-state index contributed by atoms with van der Waals surface area (Å²) < 4.78 is 5.18. The average Bonchev–Trinajstić information content (AvgIpc) is 2.29. The minimum Gasteiger partial charge on any atom is -0.444 e. The molecule has 0 radical (unpaired) electrons. The lowest BCUT2D eigenvalue weighted by atomic mass is 10.2. The van der Waals surface area contributed by atoms with Crippen LogP contribution < -0.4 is 10.6 Å². The number of nitrogens with one attached hydrogen (secondary N) is 2. The standard InChI is InChI=1S/C15H23ClN2O2/c1-10-6-7-12(16)8-13(10)18-11(2)9-17-14(19)20-15(3,4)5/h6-8,11,18H,9H2,1-5H3,(H,17,19). The Kier molecular flexibility index (Phi) is 5.69. The molecule has 0 spiro atoms. The molecule has 20 heavy (non-hydrogen) atoms. The summed E-state index contributed by atoms with van der Waals surface area (Å²) in [4.78, 5) is 11.6. The molecule has 1 unspecified atom stereocenters. The predicted octanol–water partition coefficient (Wildman–Crippen LogP) is 3.97. The van der Waals surface area contributed by atoms with Gasteiger partial charge in [0.05, 0.1) is 0 Å². The molecule has 4 nitrogen and oxygen atoms in total. The molecule has 0 heterocycles. The molecule has 0 saturated heterocycles. The number of amides is 1. The van der Waals surface area contributed by atoms with Crippen LogP contribution in [0.25, 0.3) is 0 Å². The van der Waals surface area contributed by atoms with Crippen molar-refractivity contribution < 1.29 is 9.53 Å². The average molecular weight is 299 g/mol. The van der Waals surface area contributed by atoms with Gasteiger partial charge in [-0.2, -0.15) is 0 Å². The second-order valence-corrected chi connectivity index (χ2v) is 6.32. The lowest BCUT2D eigenvalue weighted by Crippen LogP contribution is -2.38. The predicted molar refractivity (Wildman–Crippen MR) is 83.5 cm³/mol. The highest BCUT2D eigenvalue weighted by molar-refractivity contribution is 6.30. The molecule has 0 aromatic heterocycles. The van der Waals surface area contributed by atoms with E-state index < -0.39 is 11.7 Å². The molecule has 1 amide bonds. The first kappa shape index (κ1) is 16.6. The van der Waals surface area contributed by atoms with Crippen LogP contribution in [0.1, 0.15) is 33.3 Å². The van der Waals surface area contributed by atoms with Gasteiger partial charge in [0, 0.05) is 23.3 Å². The first-order valence-electron chi connectivity index (χ1n) is 6.67. The number of ether oxygens (including phenoxy) is 1. The minimum atomic E-state index is -0.482. The summed E-state index contributed by atoms with van der Waals surface area (Å²) in [5.74, 6) is 0. The molecule has 1 atom stereocenters. The van der Waals surface area contributed by atoms with Crippen LogP contribution in [0, 0.1) is 6.92 Å². The molecule has 0 aliphatic heterocycles. The van der Waals surface area contributed by atoms with E-state index in [9.17, 15) is 4.79 Å². The zero-order valence-corrected chi connectivity index (χ0v) is 13.5. The maximum absolute atomic E-state index is 11.6. The van der Waals surface area contributed by atoms with Crippen molar-refractivity contribution >= 4 is 23.4 Å². The van der Waals surface area contributed by atoms with E-state index in [2.05, 4.69) is 10.6 Å². The van der Waals surface area contributed by atoms with Crippen LogP contribution >= 0.6 is 11.6 Å². The molecule has 2 N–H and O–H groups in total. The summed E-state index contributed by atoms with van der Waals surface area (Å²) in [7, 11) is 0. The number of halogens is 1. The number of hydrogen-bond acceptors (Lipinski definition) is 3. The van der Waals surface area contributed by atoms with E-state index in [1.54, 1.807) is 0 Å². The molecule has 0 saturated carbocycles. The topological polar surface area (TPSA) is 50.4 Å². The van der Waals surface area contributed by atoms with Gasteiger partial charge in [0.1, 0.15) is 5.60 Å². The van der Waals surface area contributed by atoms with Crippen molar-refractivity contribution in [2.75, 3.05) is 11.9 Å². The molecule has 5 heteroatoms. The van der Waals surface area contributed by atoms with Gasteiger partial charge in [0.25, 0.3) is 0 Å². The maximum Gasteiger partial charge on any atom is 0.407 e. The van der Waals surface area contributed by atoms with Crippen molar-refractivity contribution in [1.82, 2.24) is 5.32 Å². The van der Waals surface area contributed by atoms with Gasteiger partial charge in [-0.3, -0.25) is 0 Å². The monoisotopic (exact) mass is 298 g/mol. The van der Waals surface area contributed by atoms with E-state index in [-0.39, 0.29) is 6.04 Å². The fraction of sp³-hybridized carbons (Fsp3) is 0.533. The lowest BCUT2D eigenvalue weighted by Gasteiger charge is -2.22. The number of alkyl carbamates (subject to hydrolysis) is 1. The van der Waals surface area contributed by atoms with Crippen LogP contribution in [0.4, 0.5) is 10.5 Å². The first-order chi connectivity index (χ1) is 9.17. The molecular formula is C15H23ClN2O2. The second kappa shape index (κ2) is 6.84. The summed E-state index contributed by atoms with van der Waals surface area (Å²) in [5, 5.41) is 6.74. The second-order valence-electron chi connectivity index (χ2n) is 5.89. The molecule has 0 fully saturated rings. The Bertz CT molecular complexity index is 469. The highest BCUT2D eigenvalue weighted by Crippen LogP contribution is 2.20. The number of benzene rings is 1. The van der Waals surface area contributed by atoms with Crippen LogP contribution in [-0.2, 0) is 4.74 Å². The van der Waals surface area contributed by atoms with E-state index in [0.29, 0.717) is 11.6 Å². The van der Waals surface area contributed by atoms with Crippen LogP contribution in [0.2, 0.25) is 5.02 Å². The summed E-state index contributed by atoms with van der Waals surface area (Å²) in [6.45, 7) is 9.97. The molecule has 0 aliphatic carbocycles. The van der Waals surface area contributed by atoms with Crippen molar-refractivity contribution in [2.45, 2.75) is 46.3 Å². The fourth-order valence-electron chi connectivity index (χ4n) is 1.62. The minimum absolute atomic E-state index is 0.0692. The summed E-state index contributed by atoms with van der Waals surface area (Å²) >= 11 is 5.97. The van der Waals surface area contributed by atoms with Crippen molar-refractivity contribution in [3.05, 3.63) is 28.8 Å². The smallest absolute Gasteiger partial charge is 0.407 e. The van der Waals surface area contributed by atoms with E-state index in [0.717, 1.165) is 11.3 Å². The van der Waals surface area contributed by atoms with E-state index in [1.165, 1.54) is 0 Å². The number of rotatable bonds is 4. The normalized spacial score (nSPS) is 12.7. The highest BCUT2D eigenvalue weighted by Gasteiger charge is 2.16. The van der Waals surface area contributed by atoms with Gasteiger partial charge < -0.3 is 15.4 Å². The van der Waals surface area contributed by atoms with Crippen LogP contribution in [0.5, 0.6) is 0 Å². The van der Waals surface area contributed by atoms with Gasteiger partial charge in [-0.1, -0.05) is 17.7 Å². The van der Waals surface area contributed by atoms with Gasteiger partial charge >= 0.3 is 6.09 Å². The third-order valence-electron chi connectivity index (χ3n) is 2.55. The van der Waals surface area contributed by atoms with Crippen molar-refractivity contribution in [3.63, 3.8) is 0 Å². The number of carbonyl (C=O) groups excluding carboxylic acids is 1. The van der Waals surface area contributed by atoms with Gasteiger partial charge in [0.2, 0.25) is 0 Å². The summed E-state index contributed by atoms with van der Waals surface area (Å²) in [5.41, 5.74) is 1.60. The molecule has 112 valence electrons. The number of carbonyl (C=O) groups is 1. The van der Waals surface area contributed by atoms with Gasteiger partial charge in [-0.15, -0.1) is 0 Å². The van der Waals surface area contributed by atoms with Crippen LogP contribution in [0.15, 0.2) is 18.2 Å². The number of hydrogen-bond donors (Lipinski definition) is 2. The zero-order chi connectivity index (χ0) is 15.3. The lowest BCUT2D eigenvalue weighted by molar-refractivity contribution is 0.0526. The quantitative estimate of drug-likeness (QED) is 0.884. The Morgan fingerprint density at radius 1 is 1.40 bits per heavy atom. The largest absolute Gasteiger partial charge is 0.444 e. The third kappa shape index (κ3) is 6.15. The van der Waals surface area contributed by atoms with E-state index in [1.807, 2.05) is 52.8 Å². The molecular weight excluding hydrogens is 276 g/mol. The molecule has 0 aliphatic rings. The van der Waals surface area contributed by atoms with Gasteiger partial charge in [-0.25, -0.2) is 4.79 Å². The fourth-order valence-corrected chi connectivity index (χ4v) is 1.79. The highest BCUT2D eigenvalue weighted by atomic mass is 35.5. The van der Waals surface area contributed by atoms with Crippen molar-refractivity contribution in [2.24, 2.45) is 0 Å². The number of aryl methyl sites for hydroxylation is 1. The maximum atomic E-state index is 11.6. The first-order valence-corrected chi connectivity index (χ1v) is 7.05. The number of anilines is 1. The Labute approximate surface area is 125 Å². The van der Waals surface area contributed by atoms with Crippen molar-refractivity contribution in [3.8, 4) is 0 Å². The Balaban J connectivity index is 2.46. The van der Waals surface area contributed by atoms with Crippen LogP contribution in [-0.4, -0.2) is 24.3 Å². The molecule has 0 bridgehead atoms. The molecule has 1 aromatic rings. The Morgan fingerprint density at radius 2 is 2.05 bits per heavy atom. The van der Waals surface area contributed by atoms with Gasteiger partial charge in [-0.05, 0) is 52.3 Å². The third-order valence-corrected chi connectivity index (χ3v) is 2.79. The molecule has 1 rings (SSSR count). The molecule has 1 aromatic carbocycles. The SMILES string of the molecule is Cc1ccc(Cl)cc1NC(C)CNC(=O)OC(C)(C)C. The van der Waals surface area contributed by atoms with Crippen LogP contribution in [0.3, 0.4) is 0 Å². The summed E-state index contributed by atoms with van der Waals surface area (Å²) in [6.07, 6.45) is -0.408.